The van der Waals surface area contributed by atoms with Gasteiger partial charge in [-0.3, -0.25) is 9.59 Å². The summed E-state index contributed by atoms with van der Waals surface area (Å²) in [6, 6.07) is 22.0. The number of rotatable bonds is 5. The van der Waals surface area contributed by atoms with E-state index in [2.05, 4.69) is 4.85 Å². The van der Waals surface area contributed by atoms with Crippen LogP contribution in [0.1, 0.15) is 10.4 Å². The van der Waals surface area contributed by atoms with Crippen LogP contribution >= 0.6 is 0 Å². The van der Waals surface area contributed by atoms with Crippen LogP contribution in [0.25, 0.3) is 54.3 Å². The molecule has 0 amide bonds. The standard InChI is InChI=1S/C29H14N2O5/c1-31-24(14-30)27-22-10-8-20(16-4-2-6-18(12-16)29(34)35)25-21(9-11-23(26(22)25)28(27)33)17-5-3-7-19(13-17)36-15-32/h2-13,15H,(H,34,35)/b27-24-. The Hall–Kier alpha value is -5.53. The van der Waals surface area contributed by atoms with Crippen molar-refractivity contribution in [2.45, 2.75) is 0 Å². The van der Waals surface area contributed by atoms with Crippen LogP contribution in [-0.4, -0.2) is 17.5 Å². The molecular formula is C29H14N2O5. The first-order valence-corrected chi connectivity index (χ1v) is 10.7. The molecule has 0 aliphatic rings. The molecule has 0 spiro atoms. The molecule has 170 valence electrons. The minimum Gasteiger partial charge on any atom is -0.478 e. The predicted octanol–water partition coefficient (Wildman–Crippen LogP) is 4.63. The molecule has 0 aliphatic heterocycles. The fourth-order valence-electron chi connectivity index (χ4n) is 4.62. The average Bonchev–Trinajstić information content (AvgIpc) is 3.18. The van der Waals surface area contributed by atoms with E-state index >= 15 is 0 Å². The van der Waals surface area contributed by atoms with E-state index in [9.17, 15) is 24.8 Å². The van der Waals surface area contributed by atoms with Gasteiger partial charge in [-0.1, -0.05) is 42.5 Å². The fourth-order valence-corrected chi connectivity index (χ4v) is 4.62. The summed E-state index contributed by atoms with van der Waals surface area (Å²) in [7, 11) is 0. The summed E-state index contributed by atoms with van der Waals surface area (Å²) in [5.74, 6) is -0.741. The van der Waals surface area contributed by atoms with Crippen LogP contribution < -0.4 is 15.4 Å². The first-order valence-electron chi connectivity index (χ1n) is 10.7. The lowest BCUT2D eigenvalue weighted by molar-refractivity contribution is -0.120. The highest BCUT2D eigenvalue weighted by atomic mass is 16.5. The van der Waals surface area contributed by atoms with Gasteiger partial charge in [0.25, 0.3) is 12.2 Å². The van der Waals surface area contributed by atoms with E-state index in [4.69, 9.17) is 11.3 Å². The average molecular weight is 470 g/mol. The molecule has 0 atom stereocenters. The summed E-state index contributed by atoms with van der Waals surface area (Å²) in [6.07, 6.45) is 0. The lowest BCUT2D eigenvalue weighted by Gasteiger charge is -2.14. The maximum Gasteiger partial charge on any atom is 0.335 e. The third-order valence-corrected chi connectivity index (χ3v) is 6.11. The summed E-state index contributed by atoms with van der Waals surface area (Å²) in [5.41, 5.74) is 2.10. The first kappa shape index (κ1) is 22.3. The second-order valence-corrected chi connectivity index (χ2v) is 7.98. The maximum atomic E-state index is 13.3. The second kappa shape index (κ2) is 8.68. The zero-order valence-corrected chi connectivity index (χ0v) is 18.5. The van der Waals surface area contributed by atoms with Gasteiger partial charge in [-0.05, 0) is 63.4 Å². The summed E-state index contributed by atoms with van der Waals surface area (Å²) in [6.45, 7) is 7.72. The number of carboxylic acid groups (broad SMARTS) is 1. The largest absolute Gasteiger partial charge is 0.478 e. The molecule has 36 heavy (non-hydrogen) atoms. The molecule has 0 aliphatic carbocycles. The van der Waals surface area contributed by atoms with Gasteiger partial charge in [0.05, 0.1) is 18.2 Å². The number of carboxylic acids is 1. The minimum atomic E-state index is -1.07. The Morgan fingerprint density at radius 3 is 2.25 bits per heavy atom. The van der Waals surface area contributed by atoms with Crippen molar-refractivity contribution in [3.8, 4) is 34.1 Å². The Morgan fingerprint density at radius 2 is 1.61 bits per heavy atom. The molecule has 7 heteroatoms. The number of carbonyl (C=O) groups excluding carboxylic acids is 1. The number of aromatic carboxylic acids is 1. The highest BCUT2D eigenvalue weighted by Crippen LogP contribution is 2.40. The molecule has 1 N–H and O–H groups in total. The van der Waals surface area contributed by atoms with Gasteiger partial charge in [0.2, 0.25) is 0 Å². The highest BCUT2D eigenvalue weighted by molar-refractivity contribution is 6.21. The Kier molecular flexibility index (Phi) is 5.37. The lowest BCUT2D eigenvalue weighted by atomic mass is 9.89. The monoisotopic (exact) mass is 470 g/mol. The summed E-state index contributed by atoms with van der Waals surface area (Å²) < 4.78 is 5.01. The van der Waals surface area contributed by atoms with E-state index in [-0.39, 0.29) is 16.5 Å². The van der Waals surface area contributed by atoms with Gasteiger partial charge in [-0.2, -0.15) is 0 Å². The quantitative estimate of drug-likeness (QED) is 0.296. The number of nitrogens with zero attached hydrogens (tertiary/aromatic N) is 2. The van der Waals surface area contributed by atoms with Crippen molar-refractivity contribution < 1.29 is 19.4 Å². The fraction of sp³-hybridized carbons (Fsp3) is 0. The highest BCUT2D eigenvalue weighted by Gasteiger charge is 2.20. The molecule has 5 aromatic carbocycles. The summed E-state index contributed by atoms with van der Waals surface area (Å²) in [5, 5.41) is 21.1. The molecule has 0 bridgehead atoms. The van der Waals surface area contributed by atoms with Gasteiger partial charge in [-0.25, -0.2) is 14.9 Å². The van der Waals surface area contributed by atoms with Gasteiger partial charge in [0.15, 0.2) is 5.43 Å². The summed E-state index contributed by atoms with van der Waals surface area (Å²) >= 11 is 0. The molecule has 0 saturated heterocycles. The predicted molar refractivity (Wildman–Crippen MR) is 134 cm³/mol. The molecule has 0 aromatic heterocycles. The van der Waals surface area contributed by atoms with Crippen LogP contribution in [0.4, 0.5) is 0 Å². The molecule has 0 unspecified atom stereocenters. The number of hydrogen-bond donors (Lipinski definition) is 1. The van der Waals surface area contributed by atoms with Crippen molar-refractivity contribution >= 4 is 39.7 Å². The van der Waals surface area contributed by atoms with Gasteiger partial charge in [-0.15, -0.1) is 0 Å². The van der Waals surface area contributed by atoms with Crippen LogP contribution in [0.5, 0.6) is 5.75 Å². The topological polar surface area (TPSA) is 109 Å². The number of hydrogen-bond acceptors (Lipinski definition) is 5. The Balaban J connectivity index is 1.99. The number of benzene rings is 4. The van der Waals surface area contributed by atoms with Gasteiger partial charge >= 0.3 is 5.97 Å². The third kappa shape index (κ3) is 3.40. The van der Waals surface area contributed by atoms with Crippen LogP contribution in [0.3, 0.4) is 0 Å². The third-order valence-electron chi connectivity index (χ3n) is 6.11. The normalized spacial score (nSPS) is 11.6. The van der Waals surface area contributed by atoms with Gasteiger partial charge in [0.1, 0.15) is 5.75 Å². The van der Waals surface area contributed by atoms with Gasteiger partial charge in [0, 0.05) is 16.0 Å². The molecule has 0 saturated carbocycles. The van der Waals surface area contributed by atoms with E-state index < -0.39 is 11.4 Å². The molecule has 7 nitrogen and oxygen atoms in total. The van der Waals surface area contributed by atoms with Gasteiger partial charge < -0.3 is 9.84 Å². The molecular weight excluding hydrogens is 456 g/mol. The van der Waals surface area contributed by atoms with Crippen molar-refractivity contribution in [2.75, 3.05) is 0 Å². The zero-order chi connectivity index (χ0) is 25.4. The maximum absolute atomic E-state index is 13.3. The van der Waals surface area contributed by atoms with E-state index in [1.54, 1.807) is 60.7 Å². The minimum absolute atomic E-state index is 0.0496. The van der Waals surface area contributed by atoms with E-state index in [0.29, 0.717) is 56.0 Å². The van der Waals surface area contributed by atoms with Crippen LogP contribution in [0.2, 0.25) is 0 Å². The van der Waals surface area contributed by atoms with Crippen molar-refractivity contribution in [3.63, 3.8) is 0 Å². The SMILES string of the molecule is [C-]#[N+]/C(C#N)=c1\c(=O)c2ccc(-c3cccc(OC=O)c3)c3c(-c4cccc(C(=O)O)c4)ccc1c32. The van der Waals surface area contributed by atoms with E-state index in [1.807, 2.05) is 12.1 Å². The molecule has 0 fully saturated rings. The lowest BCUT2D eigenvalue weighted by Crippen LogP contribution is -2.21. The number of carbonyl (C=O) groups is 2. The van der Waals surface area contributed by atoms with Crippen molar-refractivity contribution in [1.82, 2.24) is 0 Å². The van der Waals surface area contributed by atoms with Crippen molar-refractivity contribution in [3.05, 3.63) is 105 Å². The molecule has 5 rings (SSSR count). The van der Waals surface area contributed by atoms with E-state index in [0.717, 1.165) is 0 Å². The Labute approximate surface area is 203 Å². The molecule has 0 heterocycles. The smallest absolute Gasteiger partial charge is 0.335 e. The number of ether oxygens (including phenoxy) is 1. The van der Waals surface area contributed by atoms with Crippen LogP contribution in [0.15, 0.2) is 77.6 Å². The number of nitriles is 1. The summed E-state index contributed by atoms with van der Waals surface area (Å²) in [4.78, 5) is 39.1. The van der Waals surface area contributed by atoms with Crippen molar-refractivity contribution in [1.29, 1.82) is 5.26 Å². The molecule has 0 radical (unpaired) electrons. The van der Waals surface area contributed by atoms with Crippen LogP contribution in [-0.2, 0) is 4.79 Å². The molecule has 5 aromatic rings. The Bertz CT molecular complexity index is 1900. The van der Waals surface area contributed by atoms with Crippen molar-refractivity contribution in [2.24, 2.45) is 0 Å². The Morgan fingerprint density at radius 1 is 0.944 bits per heavy atom. The van der Waals surface area contributed by atoms with Crippen LogP contribution in [0, 0.1) is 17.9 Å². The zero-order valence-electron chi connectivity index (χ0n) is 18.5. The van der Waals surface area contributed by atoms with E-state index in [1.165, 1.54) is 6.07 Å². The second-order valence-electron chi connectivity index (χ2n) is 7.98. The first-order chi connectivity index (χ1) is 17.5.